The van der Waals surface area contributed by atoms with Crippen LogP contribution >= 0.6 is 0 Å². The summed E-state index contributed by atoms with van der Waals surface area (Å²) in [6, 6.07) is 6.27. The number of amides is 1. The first kappa shape index (κ1) is 14.7. The molecule has 2 N–H and O–H groups in total. The van der Waals surface area contributed by atoms with Gasteiger partial charge in [-0.2, -0.15) is 0 Å². The van der Waals surface area contributed by atoms with Crippen molar-refractivity contribution in [2.24, 2.45) is 0 Å². The Morgan fingerprint density at radius 1 is 1.40 bits per heavy atom. The van der Waals surface area contributed by atoms with Gasteiger partial charge in [0.25, 0.3) is 0 Å². The molecule has 0 aromatic heterocycles. The molecule has 2 rings (SSSR count). The number of rotatable bonds is 4. The first-order chi connectivity index (χ1) is 9.54. The number of hydrogen-bond acceptors (Lipinski definition) is 3. The third-order valence-corrected chi connectivity index (χ3v) is 3.41. The highest BCUT2D eigenvalue weighted by Crippen LogP contribution is 2.24. The number of anilines is 1. The van der Waals surface area contributed by atoms with Crippen LogP contribution in [0.3, 0.4) is 0 Å². The molecule has 1 aromatic carbocycles. The minimum absolute atomic E-state index is 0.136. The number of aryl methyl sites for hydroxylation is 1. The molecule has 1 fully saturated rings. The molecular weight excluding hydrogens is 252 g/mol. The van der Waals surface area contributed by atoms with E-state index in [1.54, 1.807) is 0 Å². The lowest BCUT2D eigenvalue weighted by Crippen LogP contribution is -2.27. The van der Waals surface area contributed by atoms with Crippen molar-refractivity contribution < 1.29 is 9.53 Å². The average molecular weight is 276 g/mol. The van der Waals surface area contributed by atoms with Gasteiger partial charge in [-0.1, -0.05) is 0 Å². The Labute approximate surface area is 120 Å². The molecule has 1 aliphatic rings. The first-order valence-corrected chi connectivity index (χ1v) is 7.35. The normalized spacial score (nSPS) is 19.4. The Kier molecular flexibility index (Phi) is 4.88. The Bertz CT molecular complexity index is 472. The van der Waals surface area contributed by atoms with Gasteiger partial charge in [-0.25, -0.2) is 0 Å². The first-order valence-electron chi connectivity index (χ1n) is 7.35. The second-order valence-corrected chi connectivity index (χ2v) is 5.68. The van der Waals surface area contributed by atoms with E-state index in [0.717, 1.165) is 36.4 Å². The second-order valence-electron chi connectivity index (χ2n) is 5.68. The predicted octanol–water partition coefficient (Wildman–Crippen LogP) is 2.86. The summed E-state index contributed by atoms with van der Waals surface area (Å²) < 4.78 is 5.69. The van der Waals surface area contributed by atoms with E-state index in [0.29, 0.717) is 6.42 Å². The van der Waals surface area contributed by atoms with Gasteiger partial charge in [-0.3, -0.25) is 4.79 Å². The van der Waals surface area contributed by atoms with Gasteiger partial charge in [0.05, 0.1) is 6.10 Å². The van der Waals surface area contributed by atoms with Crippen LogP contribution in [0.25, 0.3) is 0 Å². The summed E-state index contributed by atoms with van der Waals surface area (Å²) in [4.78, 5) is 11.6. The van der Waals surface area contributed by atoms with Crippen molar-refractivity contribution in [3.05, 3.63) is 23.8 Å². The van der Waals surface area contributed by atoms with E-state index in [9.17, 15) is 4.79 Å². The van der Waals surface area contributed by atoms with Crippen molar-refractivity contribution in [2.75, 3.05) is 11.9 Å². The monoisotopic (exact) mass is 276 g/mol. The molecule has 1 saturated heterocycles. The largest absolute Gasteiger partial charge is 0.491 e. The van der Waals surface area contributed by atoms with Crippen LogP contribution < -0.4 is 15.4 Å². The summed E-state index contributed by atoms with van der Waals surface area (Å²) in [5, 5.41) is 6.39. The van der Waals surface area contributed by atoms with Crippen LogP contribution in [0, 0.1) is 6.92 Å². The zero-order chi connectivity index (χ0) is 14.5. The number of carbonyl (C=O) groups excluding carboxylic acids is 1. The van der Waals surface area contributed by atoms with Crippen LogP contribution in [0.5, 0.6) is 5.75 Å². The second kappa shape index (κ2) is 6.64. The molecule has 1 amide bonds. The summed E-state index contributed by atoms with van der Waals surface area (Å²) in [5.74, 6) is 1.03. The Balaban J connectivity index is 2.03. The molecular formula is C16H24N2O2. The quantitative estimate of drug-likeness (QED) is 0.889. The van der Waals surface area contributed by atoms with Crippen molar-refractivity contribution in [3.63, 3.8) is 0 Å². The van der Waals surface area contributed by atoms with Gasteiger partial charge >= 0.3 is 0 Å². The summed E-state index contributed by atoms with van der Waals surface area (Å²) in [6.07, 6.45) is 2.77. The molecule has 0 aliphatic carbocycles. The molecule has 1 atom stereocenters. The standard InChI is InChI=1S/C16H24N2O2/c1-11(2)20-14-6-7-15(12(3)9-14)18-13-5-4-8-17-16(19)10-13/h6-7,9,11,13,18H,4-5,8,10H2,1-3H3,(H,17,19). The molecule has 20 heavy (non-hydrogen) atoms. The van der Waals surface area contributed by atoms with Crippen LogP contribution in [0.1, 0.15) is 38.7 Å². The highest BCUT2D eigenvalue weighted by molar-refractivity contribution is 5.77. The average Bonchev–Trinajstić information content (AvgIpc) is 2.56. The summed E-state index contributed by atoms with van der Waals surface area (Å²) >= 11 is 0. The van der Waals surface area contributed by atoms with E-state index in [-0.39, 0.29) is 18.1 Å². The Morgan fingerprint density at radius 3 is 2.90 bits per heavy atom. The topological polar surface area (TPSA) is 50.4 Å². The van der Waals surface area contributed by atoms with E-state index in [2.05, 4.69) is 17.6 Å². The van der Waals surface area contributed by atoms with Gasteiger partial charge < -0.3 is 15.4 Å². The number of ether oxygens (including phenoxy) is 1. The highest BCUT2D eigenvalue weighted by Gasteiger charge is 2.17. The number of benzene rings is 1. The van der Waals surface area contributed by atoms with Crippen molar-refractivity contribution in [1.29, 1.82) is 0 Å². The zero-order valence-electron chi connectivity index (χ0n) is 12.5. The fourth-order valence-electron chi connectivity index (χ4n) is 2.46. The third-order valence-electron chi connectivity index (χ3n) is 3.41. The molecule has 1 aliphatic heterocycles. The molecule has 4 nitrogen and oxygen atoms in total. The molecule has 0 saturated carbocycles. The maximum Gasteiger partial charge on any atom is 0.222 e. The van der Waals surface area contributed by atoms with Crippen LogP contribution in [-0.4, -0.2) is 24.6 Å². The SMILES string of the molecule is Cc1cc(OC(C)C)ccc1NC1CCCNC(=O)C1. The highest BCUT2D eigenvalue weighted by atomic mass is 16.5. The molecule has 0 bridgehead atoms. The van der Waals surface area contributed by atoms with Crippen molar-refractivity contribution in [2.45, 2.75) is 52.2 Å². The molecule has 110 valence electrons. The van der Waals surface area contributed by atoms with E-state index in [1.165, 1.54) is 0 Å². The van der Waals surface area contributed by atoms with Crippen molar-refractivity contribution in [3.8, 4) is 5.75 Å². The van der Waals surface area contributed by atoms with E-state index >= 15 is 0 Å². The van der Waals surface area contributed by atoms with Gasteiger partial charge in [-0.05, 0) is 57.4 Å². The molecule has 0 radical (unpaired) electrons. The summed E-state index contributed by atoms with van der Waals surface area (Å²) in [6.45, 7) is 6.89. The van der Waals surface area contributed by atoms with Crippen molar-refractivity contribution >= 4 is 11.6 Å². The van der Waals surface area contributed by atoms with E-state index < -0.39 is 0 Å². The van der Waals surface area contributed by atoms with Gasteiger partial charge in [0.1, 0.15) is 5.75 Å². The fourth-order valence-corrected chi connectivity index (χ4v) is 2.46. The smallest absolute Gasteiger partial charge is 0.222 e. The fraction of sp³-hybridized carbons (Fsp3) is 0.562. The lowest BCUT2D eigenvalue weighted by atomic mass is 10.1. The number of hydrogen-bond donors (Lipinski definition) is 2. The Morgan fingerprint density at radius 2 is 2.20 bits per heavy atom. The molecule has 0 spiro atoms. The lowest BCUT2D eigenvalue weighted by Gasteiger charge is -2.19. The van der Waals surface area contributed by atoms with Crippen LogP contribution in [0.15, 0.2) is 18.2 Å². The van der Waals surface area contributed by atoms with Gasteiger partial charge in [-0.15, -0.1) is 0 Å². The zero-order valence-corrected chi connectivity index (χ0v) is 12.5. The molecule has 1 heterocycles. The van der Waals surface area contributed by atoms with Crippen LogP contribution in [0.2, 0.25) is 0 Å². The third kappa shape index (κ3) is 4.15. The predicted molar refractivity (Wildman–Crippen MR) is 81.2 cm³/mol. The maximum atomic E-state index is 11.6. The molecule has 1 aromatic rings. The number of nitrogens with one attached hydrogen (secondary N) is 2. The van der Waals surface area contributed by atoms with Gasteiger partial charge in [0, 0.05) is 24.7 Å². The Hall–Kier alpha value is -1.71. The number of carbonyl (C=O) groups is 1. The summed E-state index contributed by atoms with van der Waals surface area (Å²) in [5.41, 5.74) is 2.23. The van der Waals surface area contributed by atoms with Crippen molar-refractivity contribution in [1.82, 2.24) is 5.32 Å². The van der Waals surface area contributed by atoms with E-state index in [1.807, 2.05) is 32.0 Å². The molecule has 4 heteroatoms. The maximum absolute atomic E-state index is 11.6. The minimum atomic E-state index is 0.136. The summed E-state index contributed by atoms with van der Waals surface area (Å²) in [7, 11) is 0. The van der Waals surface area contributed by atoms with E-state index in [4.69, 9.17) is 4.74 Å². The minimum Gasteiger partial charge on any atom is -0.491 e. The van der Waals surface area contributed by atoms with Crippen LogP contribution in [0.4, 0.5) is 5.69 Å². The molecule has 1 unspecified atom stereocenters. The lowest BCUT2D eigenvalue weighted by molar-refractivity contribution is -0.120. The van der Waals surface area contributed by atoms with Gasteiger partial charge in [0.2, 0.25) is 5.91 Å². The van der Waals surface area contributed by atoms with Gasteiger partial charge in [0.15, 0.2) is 0 Å². The van der Waals surface area contributed by atoms with Crippen LogP contribution in [-0.2, 0) is 4.79 Å².